The Kier molecular flexibility index (Phi) is 4.62. The van der Waals surface area contributed by atoms with Gasteiger partial charge < -0.3 is 15.6 Å². The quantitative estimate of drug-likeness (QED) is 0.737. The number of benzene rings is 1. The van der Waals surface area contributed by atoms with E-state index in [9.17, 15) is 9.59 Å². The Bertz CT molecular complexity index is 947. The van der Waals surface area contributed by atoms with Crippen molar-refractivity contribution < 1.29 is 9.59 Å². The second kappa shape index (κ2) is 6.87. The fourth-order valence-corrected chi connectivity index (χ4v) is 2.96. The van der Waals surface area contributed by atoms with E-state index in [0.29, 0.717) is 17.1 Å². The van der Waals surface area contributed by atoms with Crippen molar-refractivity contribution in [3.8, 4) is 5.82 Å². The summed E-state index contributed by atoms with van der Waals surface area (Å²) < 4.78 is 3.68. The molecule has 2 heterocycles. The number of aryl methyl sites for hydroxylation is 3. The summed E-state index contributed by atoms with van der Waals surface area (Å²) in [4.78, 5) is 23.7. The van der Waals surface area contributed by atoms with Crippen LogP contribution in [0.4, 0.5) is 5.69 Å². The highest BCUT2D eigenvalue weighted by atomic mass is 16.2. The van der Waals surface area contributed by atoms with Gasteiger partial charge in [-0.05, 0) is 43.7 Å². The van der Waals surface area contributed by atoms with Crippen LogP contribution in [0.3, 0.4) is 0 Å². The maximum atomic E-state index is 12.8. The minimum atomic E-state index is -0.390. The van der Waals surface area contributed by atoms with Gasteiger partial charge in [-0.15, -0.1) is 0 Å². The highest BCUT2D eigenvalue weighted by molar-refractivity contribution is 6.06. The van der Waals surface area contributed by atoms with Gasteiger partial charge >= 0.3 is 0 Å². The summed E-state index contributed by atoms with van der Waals surface area (Å²) in [6.45, 7) is 3.97. The molecule has 2 aromatic heterocycles. The van der Waals surface area contributed by atoms with Gasteiger partial charge in [-0.3, -0.25) is 14.3 Å². The molecule has 134 valence electrons. The molecule has 3 N–H and O–H groups in total. The molecule has 7 nitrogen and oxygen atoms in total. The molecule has 3 rings (SSSR count). The second-order valence-electron chi connectivity index (χ2n) is 6.25. The van der Waals surface area contributed by atoms with Gasteiger partial charge in [0.15, 0.2) is 0 Å². The fourth-order valence-electron chi connectivity index (χ4n) is 2.96. The summed E-state index contributed by atoms with van der Waals surface area (Å²) in [7, 11) is 1.81. The summed E-state index contributed by atoms with van der Waals surface area (Å²) in [5.74, 6) is 0.0790. The van der Waals surface area contributed by atoms with Crippen LogP contribution in [-0.2, 0) is 18.3 Å². The van der Waals surface area contributed by atoms with Gasteiger partial charge in [-0.25, -0.2) is 0 Å². The van der Waals surface area contributed by atoms with Crippen LogP contribution in [0.5, 0.6) is 0 Å². The molecular formula is C19H21N5O2. The Labute approximate surface area is 151 Å². The molecule has 0 aliphatic heterocycles. The Morgan fingerprint density at radius 2 is 1.69 bits per heavy atom. The molecule has 2 amide bonds. The predicted molar refractivity (Wildman–Crippen MR) is 99.3 cm³/mol. The molecule has 7 heteroatoms. The van der Waals surface area contributed by atoms with E-state index >= 15 is 0 Å². The van der Waals surface area contributed by atoms with Gasteiger partial charge in [0, 0.05) is 24.1 Å². The summed E-state index contributed by atoms with van der Waals surface area (Å²) in [6, 6.07) is 11.0. The molecule has 3 aromatic rings. The smallest absolute Gasteiger partial charge is 0.261 e. The topological polar surface area (TPSA) is 94.9 Å². The lowest BCUT2D eigenvalue weighted by molar-refractivity contribution is -0.117. The van der Waals surface area contributed by atoms with Crippen molar-refractivity contribution in [2.24, 2.45) is 12.8 Å². The molecule has 0 saturated heterocycles. The molecule has 26 heavy (non-hydrogen) atoms. The van der Waals surface area contributed by atoms with E-state index in [0.717, 1.165) is 17.0 Å². The van der Waals surface area contributed by atoms with Crippen molar-refractivity contribution in [3.05, 3.63) is 65.1 Å². The largest absolute Gasteiger partial charge is 0.369 e. The first-order valence-corrected chi connectivity index (χ1v) is 8.22. The van der Waals surface area contributed by atoms with Crippen molar-refractivity contribution in [2.45, 2.75) is 20.3 Å². The standard InChI is InChI=1S/C19H21N5O2/c1-12-4-5-13(2)24(12)19-16(11-21-23(19)3)18(26)22-15-8-6-14(7-9-15)10-17(20)25/h4-9,11H,10H2,1-3H3,(H2,20,25)(H,22,26). The van der Waals surface area contributed by atoms with E-state index in [1.807, 2.05) is 37.6 Å². The molecule has 0 unspecified atom stereocenters. The van der Waals surface area contributed by atoms with Crippen molar-refractivity contribution >= 4 is 17.5 Å². The lowest BCUT2D eigenvalue weighted by Gasteiger charge is -2.12. The zero-order chi connectivity index (χ0) is 18.8. The summed E-state index contributed by atoms with van der Waals surface area (Å²) >= 11 is 0. The number of carbonyl (C=O) groups excluding carboxylic acids is 2. The number of anilines is 1. The first-order chi connectivity index (χ1) is 12.4. The van der Waals surface area contributed by atoms with Crippen molar-refractivity contribution in [3.63, 3.8) is 0 Å². The molecule has 0 fully saturated rings. The molecule has 0 aliphatic carbocycles. The predicted octanol–water partition coefficient (Wildman–Crippen LogP) is 2.11. The monoisotopic (exact) mass is 351 g/mol. The Balaban J connectivity index is 1.87. The van der Waals surface area contributed by atoms with E-state index in [2.05, 4.69) is 10.4 Å². The Hall–Kier alpha value is -3.35. The minimum absolute atomic E-state index is 0.174. The number of amides is 2. The maximum Gasteiger partial charge on any atom is 0.261 e. The third-order valence-electron chi connectivity index (χ3n) is 4.23. The van der Waals surface area contributed by atoms with Crippen molar-refractivity contribution in [1.82, 2.24) is 14.3 Å². The van der Waals surface area contributed by atoms with Gasteiger partial charge in [0.1, 0.15) is 11.4 Å². The number of aromatic nitrogens is 3. The average molecular weight is 351 g/mol. The molecule has 0 atom stereocenters. The SMILES string of the molecule is Cc1ccc(C)n1-c1c(C(=O)Nc2ccc(CC(N)=O)cc2)cnn1C. The number of rotatable bonds is 5. The molecule has 1 aromatic carbocycles. The lowest BCUT2D eigenvalue weighted by Crippen LogP contribution is -2.16. The van der Waals surface area contributed by atoms with Crippen molar-refractivity contribution in [1.29, 1.82) is 0 Å². The first kappa shape index (κ1) is 17.5. The number of hydrogen-bond acceptors (Lipinski definition) is 3. The van der Waals surface area contributed by atoms with Gasteiger partial charge in [0.25, 0.3) is 5.91 Å². The van der Waals surface area contributed by atoms with Crippen LogP contribution in [0.25, 0.3) is 5.82 Å². The second-order valence-corrected chi connectivity index (χ2v) is 6.25. The third kappa shape index (κ3) is 3.37. The molecule has 0 radical (unpaired) electrons. The summed E-state index contributed by atoms with van der Waals surface area (Å²) in [5, 5.41) is 7.12. The highest BCUT2D eigenvalue weighted by Crippen LogP contribution is 2.21. The zero-order valence-electron chi connectivity index (χ0n) is 15.0. The van der Waals surface area contributed by atoms with Crippen LogP contribution >= 0.6 is 0 Å². The van der Waals surface area contributed by atoms with Gasteiger partial charge in [0.05, 0.1) is 12.6 Å². The van der Waals surface area contributed by atoms with E-state index in [-0.39, 0.29) is 18.2 Å². The number of nitrogens with one attached hydrogen (secondary N) is 1. The molecule has 0 bridgehead atoms. The van der Waals surface area contributed by atoms with E-state index < -0.39 is 0 Å². The number of nitrogens with two attached hydrogens (primary N) is 1. The van der Waals surface area contributed by atoms with Crippen LogP contribution in [0, 0.1) is 13.8 Å². The molecule has 0 aliphatic rings. The summed E-state index contributed by atoms with van der Waals surface area (Å²) in [5.41, 5.74) is 9.16. The van der Waals surface area contributed by atoms with Gasteiger partial charge in [-0.2, -0.15) is 5.10 Å². The maximum absolute atomic E-state index is 12.8. The van der Waals surface area contributed by atoms with Crippen molar-refractivity contribution in [2.75, 3.05) is 5.32 Å². The number of carbonyl (C=O) groups is 2. The van der Waals surface area contributed by atoms with Crippen LogP contribution in [0.1, 0.15) is 27.3 Å². The normalized spacial score (nSPS) is 10.7. The lowest BCUT2D eigenvalue weighted by atomic mass is 10.1. The Morgan fingerprint density at radius 3 is 2.27 bits per heavy atom. The van der Waals surface area contributed by atoms with Crippen LogP contribution in [0.2, 0.25) is 0 Å². The van der Waals surface area contributed by atoms with E-state index in [1.54, 1.807) is 35.1 Å². The fraction of sp³-hybridized carbons (Fsp3) is 0.211. The van der Waals surface area contributed by atoms with Crippen LogP contribution in [-0.4, -0.2) is 26.2 Å². The summed E-state index contributed by atoms with van der Waals surface area (Å²) in [6.07, 6.45) is 1.73. The minimum Gasteiger partial charge on any atom is -0.369 e. The van der Waals surface area contributed by atoms with E-state index in [4.69, 9.17) is 5.73 Å². The number of primary amides is 1. The van der Waals surface area contributed by atoms with E-state index in [1.165, 1.54) is 0 Å². The first-order valence-electron chi connectivity index (χ1n) is 8.22. The highest BCUT2D eigenvalue weighted by Gasteiger charge is 2.20. The average Bonchev–Trinajstić information content (AvgIpc) is 3.11. The Morgan fingerprint density at radius 1 is 1.08 bits per heavy atom. The third-order valence-corrected chi connectivity index (χ3v) is 4.23. The number of hydrogen-bond donors (Lipinski definition) is 2. The number of nitrogens with zero attached hydrogens (tertiary/aromatic N) is 3. The van der Waals surface area contributed by atoms with Gasteiger partial charge in [0.2, 0.25) is 5.91 Å². The zero-order valence-corrected chi connectivity index (χ0v) is 15.0. The van der Waals surface area contributed by atoms with Crippen LogP contribution < -0.4 is 11.1 Å². The molecule has 0 spiro atoms. The van der Waals surface area contributed by atoms with Crippen LogP contribution in [0.15, 0.2) is 42.6 Å². The molecular weight excluding hydrogens is 330 g/mol. The molecule has 0 saturated carbocycles. The van der Waals surface area contributed by atoms with Gasteiger partial charge in [-0.1, -0.05) is 12.1 Å².